The van der Waals surface area contributed by atoms with Crippen LogP contribution in [0.3, 0.4) is 0 Å². The second kappa shape index (κ2) is 7.49. The van der Waals surface area contributed by atoms with Gasteiger partial charge in [-0.25, -0.2) is 0 Å². The quantitative estimate of drug-likeness (QED) is 0.643. The van der Waals surface area contributed by atoms with Gasteiger partial charge in [-0.1, -0.05) is 91.4 Å². The SMILES string of the molecule is Cc1ccc(/C=C/CC(C)/C=C/c2ccccc2)cc1. The van der Waals surface area contributed by atoms with Gasteiger partial charge in [0.25, 0.3) is 0 Å². The first kappa shape index (κ1) is 14.3. The molecule has 0 spiro atoms. The average Bonchev–Trinajstić information content (AvgIpc) is 2.48. The third-order valence-corrected chi connectivity index (χ3v) is 3.31. The molecule has 1 atom stereocenters. The fourth-order valence-corrected chi connectivity index (χ4v) is 2.01. The van der Waals surface area contributed by atoms with Gasteiger partial charge in [0.1, 0.15) is 0 Å². The Labute approximate surface area is 122 Å². The molecular formula is C20H22. The van der Waals surface area contributed by atoms with Crippen molar-refractivity contribution in [2.24, 2.45) is 5.92 Å². The highest BCUT2D eigenvalue weighted by Crippen LogP contribution is 2.11. The first-order valence-electron chi connectivity index (χ1n) is 7.20. The second-order valence-corrected chi connectivity index (χ2v) is 5.30. The molecule has 0 heterocycles. The highest BCUT2D eigenvalue weighted by Gasteiger charge is 1.94. The van der Waals surface area contributed by atoms with Crippen molar-refractivity contribution in [3.05, 3.63) is 83.4 Å². The first-order chi connectivity index (χ1) is 9.74. The van der Waals surface area contributed by atoms with E-state index in [-0.39, 0.29) is 0 Å². The molecule has 0 nitrogen and oxygen atoms in total. The summed E-state index contributed by atoms with van der Waals surface area (Å²) in [5, 5.41) is 0. The molecular weight excluding hydrogens is 240 g/mol. The summed E-state index contributed by atoms with van der Waals surface area (Å²) >= 11 is 0. The minimum Gasteiger partial charge on any atom is -0.0834 e. The maximum Gasteiger partial charge on any atom is -0.0224 e. The van der Waals surface area contributed by atoms with E-state index in [4.69, 9.17) is 0 Å². The number of aryl methyl sites for hydroxylation is 1. The van der Waals surface area contributed by atoms with Crippen LogP contribution in [0.1, 0.15) is 30.0 Å². The molecule has 0 N–H and O–H groups in total. The van der Waals surface area contributed by atoms with Crippen molar-refractivity contribution in [3.63, 3.8) is 0 Å². The molecule has 0 amide bonds. The molecule has 0 saturated carbocycles. The Kier molecular flexibility index (Phi) is 5.37. The lowest BCUT2D eigenvalue weighted by molar-refractivity contribution is 0.750. The number of rotatable bonds is 5. The normalized spacial score (nSPS) is 13.1. The van der Waals surface area contributed by atoms with Gasteiger partial charge in [0.15, 0.2) is 0 Å². The summed E-state index contributed by atoms with van der Waals surface area (Å²) in [6.45, 7) is 4.36. The number of benzene rings is 2. The van der Waals surface area contributed by atoms with Crippen LogP contribution in [0.15, 0.2) is 66.7 Å². The zero-order valence-corrected chi connectivity index (χ0v) is 12.3. The Morgan fingerprint density at radius 1 is 0.850 bits per heavy atom. The minimum absolute atomic E-state index is 0.553. The fourth-order valence-electron chi connectivity index (χ4n) is 2.01. The average molecular weight is 262 g/mol. The molecule has 0 bridgehead atoms. The minimum atomic E-state index is 0.553. The molecule has 2 aromatic rings. The van der Waals surface area contributed by atoms with Crippen molar-refractivity contribution in [1.29, 1.82) is 0 Å². The van der Waals surface area contributed by atoms with Crippen LogP contribution in [0.2, 0.25) is 0 Å². The molecule has 0 radical (unpaired) electrons. The van der Waals surface area contributed by atoms with Crippen molar-refractivity contribution in [2.75, 3.05) is 0 Å². The van der Waals surface area contributed by atoms with Gasteiger partial charge < -0.3 is 0 Å². The number of allylic oxidation sites excluding steroid dienone is 2. The molecule has 0 aliphatic rings. The Hall–Kier alpha value is -2.08. The molecule has 0 aromatic heterocycles. The zero-order chi connectivity index (χ0) is 14.2. The van der Waals surface area contributed by atoms with E-state index < -0.39 is 0 Å². The molecule has 0 aliphatic heterocycles. The third kappa shape index (κ3) is 4.89. The van der Waals surface area contributed by atoms with E-state index in [2.05, 4.69) is 86.7 Å². The van der Waals surface area contributed by atoms with E-state index in [1.54, 1.807) is 0 Å². The van der Waals surface area contributed by atoms with Crippen LogP contribution in [0.4, 0.5) is 0 Å². The van der Waals surface area contributed by atoms with Gasteiger partial charge in [0.05, 0.1) is 0 Å². The van der Waals surface area contributed by atoms with Crippen LogP contribution in [0.5, 0.6) is 0 Å². The molecule has 0 aliphatic carbocycles. The van der Waals surface area contributed by atoms with Crippen molar-refractivity contribution in [3.8, 4) is 0 Å². The predicted octanol–water partition coefficient (Wildman–Crippen LogP) is 5.75. The lowest BCUT2D eigenvalue weighted by Crippen LogP contribution is -1.85. The van der Waals surface area contributed by atoms with Gasteiger partial charge >= 0.3 is 0 Å². The molecule has 1 unspecified atom stereocenters. The van der Waals surface area contributed by atoms with Crippen molar-refractivity contribution >= 4 is 12.2 Å². The first-order valence-corrected chi connectivity index (χ1v) is 7.20. The highest BCUT2D eigenvalue weighted by atomic mass is 14.0. The number of hydrogen-bond acceptors (Lipinski definition) is 0. The summed E-state index contributed by atoms with van der Waals surface area (Å²) < 4.78 is 0. The standard InChI is InChI=1S/C20H22/c1-17(11-14-19-8-4-3-5-9-19)7-6-10-20-15-12-18(2)13-16-20/h3-6,8-17H,7H2,1-2H3/b10-6+,14-11+. The summed E-state index contributed by atoms with van der Waals surface area (Å²) in [6.07, 6.45) is 9.99. The van der Waals surface area contributed by atoms with Crippen molar-refractivity contribution in [2.45, 2.75) is 20.3 Å². The maximum atomic E-state index is 2.27. The molecule has 0 heteroatoms. The lowest BCUT2D eigenvalue weighted by Gasteiger charge is -2.01. The van der Waals surface area contributed by atoms with Crippen LogP contribution in [0, 0.1) is 12.8 Å². The maximum absolute atomic E-state index is 2.27. The molecule has 102 valence electrons. The van der Waals surface area contributed by atoms with Gasteiger partial charge in [0, 0.05) is 0 Å². The van der Waals surface area contributed by atoms with Crippen LogP contribution >= 0.6 is 0 Å². The third-order valence-electron chi connectivity index (χ3n) is 3.31. The summed E-state index contributed by atoms with van der Waals surface area (Å²) in [5.74, 6) is 0.553. The van der Waals surface area contributed by atoms with Gasteiger partial charge in [0.2, 0.25) is 0 Å². The van der Waals surface area contributed by atoms with E-state index >= 15 is 0 Å². The fraction of sp³-hybridized carbons (Fsp3) is 0.200. The molecule has 20 heavy (non-hydrogen) atoms. The molecule has 2 aromatic carbocycles. The van der Waals surface area contributed by atoms with E-state index in [1.165, 1.54) is 16.7 Å². The summed E-state index contributed by atoms with van der Waals surface area (Å²) in [5.41, 5.74) is 3.85. The van der Waals surface area contributed by atoms with Crippen LogP contribution in [-0.4, -0.2) is 0 Å². The Morgan fingerprint density at radius 3 is 2.20 bits per heavy atom. The predicted molar refractivity (Wildman–Crippen MR) is 89.5 cm³/mol. The summed E-state index contributed by atoms with van der Waals surface area (Å²) in [6, 6.07) is 19.1. The lowest BCUT2D eigenvalue weighted by atomic mass is 10.0. The van der Waals surface area contributed by atoms with Crippen molar-refractivity contribution < 1.29 is 0 Å². The monoisotopic (exact) mass is 262 g/mol. The Bertz CT molecular complexity index is 559. The molecule has 0 fully saturated rings. The highest BCUT2D eigenvalue weighted by molar-refractivity contribution is 5.50. The second-order valence-electron chi connectivity index (χ2n) is 5.30. The van der Waals surface area contributed by atoms with Crippen LogP contribution in [0.25, 0.3) is 12.2 Å². The van der Waals surface area contributed by atoms with Crippen LogP contribution < -0.4 is 0 Å². The summed E-state index contributed by atoms with van der Waals surface area (Å²) in [7, 11) is 0. The Balaban J connectivity index is 1.84. The van der Waals surface area contributed by atoms with Crippen LogP contribution in [-0.2, 0) is 0 Å². The van der Waals surface area contributed by atoms with Gasteiger partial charge in [-0.05, 0) is 30.4 Å². The van der Waals surface area contributed by atoms with E-state index in [0.717, 1.165) is 6.42 Å². The van der Waals surface area contributed by atoms with Gasteiger partial charge in [-0.15, -0.1) is 0 Å². The van der Waals surface area contributed by atoms with E-state index in [1.807, 2.05) is 6.07 Å². The smallest absolute Gasteiger partial charge is 0.0224 e. The van der Waals surface area contributed by atoms with E-state index in [9.17, 15) is 0 Å². The zero-order valence-electron chi connectivity index (χ0n) is 12.3. The van der Waals surface area contributed by atoms with Gasteiger partial charge in [-0.2, -0.15) is 0 Å². The van der Waals surface area contributed by atoms with E-state index in [0.29, 0.717) is 5.92 Å². The molecule has 2 rings (SSSR count). The Morgan fingerprint density at radius 2 is 1.50 bits per heavy atom. The van der Waals surface area contributed by atoms with Crippen molar-refractivity contribution in [1.82, 2.24) is 0 Å². The number of hydrogen-bond donors (Lipinski definition) is 0. The molecule has 0 saturated heterocycles. The topological polar surface area (TPSA) is 0 Å². The van der Waals surface area contributed by atoms with Gasteiger partial charge in [-0.3, -0.25) is 0 Å². The largest absolute Gasteiger partial charge is 0.0834 e. The summed E-state index contributed by atoms with van der Waals surface area (Å²) in [4.78, 5) is 0.